The van der Waals surface area contributed by atoms with Crippen molar-refractivity contribution in [1.82, 2.24) is 9.80 Å². The number of likely N-dealkylation sites (tertiary alicyclic amines) is 1. The van der Waals surface area contributed by atoms with Crippen LogP contribution in [0.15, 0.2) is 0 Å². The lowest BCUT2D eigenvalue weighted by Crippen LogP contribution is -2.39. The number of rotatable bonds is 12. The molecule has 0 spiro atoms. The van der Waals surface area contributed by atoms with Crippen LogP contribution in [0.1, 0.15) is 19.3 Å². The third-order valence-electron chi connectivity index (χ3n) is 4.50. The van der Waals surface area contributed by atoms with Gasteiger partial charge in [-0.25, -0.2) is 0 Å². The summed E-state index contributed by atoms with van der Waals surface area (Å²) in [5.41, 5.74) is 0. The third kappa shape index (κ3) is 8.71. The lowest BCUT2D eigenvalue weighted by Gasteiger charge is -2.27. The summed E-state index contributed by atoms with van der Waals surface area (Å²) in [6.07, 6.45) is 3.42. The minimum absolute atomic E-state index is 0.128. The van der Waals surface area contributed by atoms with Crippen molar-refractivity contribution in [3.05, 3.63) is 0 Å². The maximum absolute atomic E-state index is 9.30. The van der Waals surface area contributed by atoms with Crippen LogP contribution in [0.25, 0.3) is 0 Å². The molecule has 0 saturated carbocycles. The van der Waals surface area contributed by atoms with E-state index >= 15 is 0 Å². The number of hydrogen-bond donors (Lipinski definition) is 1. The van der Waals surface area contributed by atoms with E-state index in [9.17, 15) is 5.11 Å². The summed E-state index contributed by atoms with van der Waals surface area (Å²) < 4.78 is 22.0. The number of hydrogen-bond acceptors (Lipinski definition) is 7. The first-order chi connectivity index (χ1) is 11.9. The molecule has 0 amide bonds. The normalized spacial score (nSPS) is 21.9. The van der Waals surface area contributed by atoms with E-state index < -0.39 is 6.29 Å². The summed E-state index contributed by atoms with van der Waals surface area (Å²) in [5, 5.41) is 9.30. The number of piperidine rings is 1. The largest absolute Gasteiger partial charge is 0.391 e. The Morgan fingerprint density at radius 3 is 2.21 bits per heavy atom. The van der Waals surface area contributed by atoms with Crippen molar-refractivity contribution in [2.45, 2.75) is 25.6 Å². The highest BCUT2D eigenvalue weighted by atomic mass is 16.7. The van der Waals surface area contributed by atoms with Crippen LogP contribution in [0.5, 0.6) is 0 Å². The third-order valence-corrected chi connectivity index (χ3v) is 4.50. The van der Waals surface area contributed by atoms with Crippen molar-refractivity contribution < 1.29 is 24.1 Å². The molecule has 24 heavy (non-hydrogen) atoms. The van der Waals surface area contributed by atoms with Gasteiger partial charge < -0.3 is 29.0 Å². The molecule has 0 aromatic heterocycles. The molecule has 2 saturated heterocycles. The van der Waals surface area contributed by atoms with E-state index in [2.05, 4.69) is 9.80 Å². The fraction of sp³-hybridized carbons (Fsp3) is 1.00. The average Bonchev–Trinajstić information content (AvgIpc) is 2.64. The van der Waals surface area contributed by atoms with Gasteiger partial charge in [-0.1, -0.05) is 6.42 Å². The van der Waals surface area contributed by atoms with Crippen LogP contribution in [0.2, 0.25) is 0 Å². The Hall–Kier alpha value is -0.280. The molecule has 2 fully saturated rings. The first kappa shape index (κ1) is 20.0. The molecule has 0 aromatic rings. The van der Waals surface area contributed by atoms with Crippen LogP contribution in [-0.4, -0.2) is 107 Å². The second kappa shape index (κ2) is 13.0. The Labute approximate surface area is 145 Å². The van der Waals surface area contributed by atoms with Gasteiger partial charge in [0.2, 0.25) is 0 Å². The van der Waals surface area contributed by atoms with Gasteiger partial charge in [0, 0.05) is 26.2 Å². The van der Waals surface area contributed by atoms with Gasteiger partial charge in [0.05, 0.1) is 46.2 Å². The number of aliphatic hydroxyl groups is 1. The molecule has 2 aliphatic heterocycles. The molecule has 142 valence electrons. The van der Waals surface area contributed by atoms with Crippen molar-refractivity contribution in [1.29, 1.82) is 0 Å². The van der Waals surface area contributed by atoms with E-state index in [1.165, 1.54) is 32.4 Å². The van der Waals surface area contributed by atoms with Crippen LogP contribution < -0.4 is 0 Å². The molecule has 7 heteroatoms. The molecular formula is C17H34N2O5. The van der Waals surface area contributed by atoms with Crippen molar-refractivity contribution in [2.24, 2.45) is 0 Å². The molecule has 2 heterocycles. The number of ether oxygens (including phenoxy) is 4. The van der Waals surface area contributed by atoms with Crippen molar-refractivity contribution in [2.75, 3.05) is 85.5 Å². The van der Waals surface area contributed by atoms with Gasteiger partial charge in [-0.05, 0) is 25.9 Å². The first-order valence-corrected chi connectivity index (χ1v) is 9.33. The Morgan fingerprint density at radius 2 is 1.46 bits per heavy atom. The van der Waals surface area contributed by atoms with Gasteiger partial charge in [0.25, 0.3) is 0 Å². The van der Waals surface area contributed by atoms with Crippen LogP contribution in [0.4, 0.5) is 0 Å². The quantitative estimate of drug-likeness (QED) is 0.399. The highest BCUT2D eigenvalue weighted by Gasteiger charge is 2.13. The zero-order valence-electron chi connectivity index (χ0n) is 14.9. The Kier molecular flexibility index (Phi) is 10.8. The molecule has 1 unspecified atom stereocenters. The topological polar surface area (TPSA) is 63.6 Å². The number of aliphatic hydroxyl groups excluding tert-OH is 1. The van der Waals surface area contributed by atoms with E-state index in [1.807, 2.05) is 0 Å². The van der Waals surface area contributed by atoms with E-state index in [0.717, 1.165) is 46.0 Å². The van der Waals surface area contributed by atoms with Crippen LogP contribution in [0, 0.1) is 0 Å². The van der Waals surface area contributed by atoms with Gasteiger partial charge >= 0.3 is 0 Å². The zero-order valence-corrected chi connectivity index (χ0v) is 14.9. The fourth-order valence-electron chi connectivity index (χ4n) is 3.01. The van der Waals surface area contributed by atoms with Crippen molar-refractivity contribution in [3.8, 4) is 0 Å². The molecule has 0 radical (unpaired) electrons. The summed E-state index contributed by atoms with van der Waals surface area (Å²) in [5.74, 6) is 0. The lowest BCUT2D eigenvalue weighted by molar-refractivity contribution is -0.172. The SMILES string of the molecule is OCC(OCCOCCN1CCCCC1)OCCN1CCOCC1. The summed E-state index contributed by atoms with van der Waals surface area (Å²) in [4.78, 5) is 4.75. The first-order valence-electron chi connectivity index (χ1n) is 9.33. The molecule has 7 nitrogen and oxygen atoms in total. The van der Waals surface area contributed by atoms with E-state index in [-0.39, 0.29) is 6.61 Å². The Morgan fingerprint density at radius 1 is 0.792 bits per heavy atom. The maximum Gasteiger partial charge on any atom is 0.180 e. The molecule has 2 aliphatic rings. The van der Waals surface area contributed by atoms with E-state index in [4.69, 9.17) is 18.9 Å². The minimum Gasteiger partial charge on any atom is -0.391 e. The van der Waals surface area contributed by atoms with Crippen molar-refractivity contribution >= 4 is 0 Å². The average molecular weight is 346 g/mol. The number of nitrogens with zero attached hydrogens (tertiary/aromatic N) is 2. The molecular weight excluding hydrogens is 312 g/mol. The molecule has 0 aromatic carbocycles. The summed E-state index contributed by atoms with van der Waals surface area (Å²) in [6, 6.07) is 0. The molecule has 0 aliphatic carbocycles. The van der Waals surface area contributed by atoms with Gasteiger partial charge in [0.15, 0.2) is 6.29 Å². The smallest absolute Gasteiger partial charge is 0.180 e. The molecule has 0 bridgehead atoms. The number of morpholine rings is 1. The predicted molar refractivity (Wildman–Crippen MR) is 91.1 cm³/mol. The highest BCUT2D eigenvalue weighted by molar-refractivity contribution is 4.63. The fourth-order valence-corrected chi connectivity index (χ4v) is 3.01. The molecule has 1 atom stereocenters. The van der Waals surface area contributed by atoms with E-state index in [0.29, 0.717) is 19.8 Å². The van der Waals surface area contributed by atoms with Crippen LogP contribution in [-0.2, 0) is 18.9 Å². The lowest BCUT2D eigenvalue weighted by atomic mass is 10.1. The summed E-state index contributed by atoms with van der Waals surface area (Å²) in [7, 11) is 0. The highest BCUT2D eigenvalue weighted by Crippen LogP contribution is 2.07. The molecule has 2 rings (SSSR count). The second-order valence-electron chi connectivity index (χ2n) is 6.32. The van der Waals surface area contributed by atoms with Crippen LogP contribution in [0.3, 0.4) is 0 Å². The predicted octanol–water partition coefficient (Wildman–Crippen LogP) is 0.173. The van der Waals surface area contributed by atoms with E-state index in [1.54, 1.807) is 0 Å². The second-order valence-corrected chi connectivity index (χ2v) is 6.32. The maximum atomic E-state index is 9.30. The van der Waals surface area contributed by atoms with Gasteiger partial charge in [-0.2, -0.15) is 0 Å². The zero-order chi connectivity index (χ0) is 16.9. The monoisotopic (exact) mass is 346 g/mol. The minimum atomic E-state index is -0.559. The van der Waals surface area contributed by atoms with Gasteiger partial charge in [-0.15, -0.1) is 0 Å². The van der Waals surface area contributed by atoms with Crippen LogP contribution >= 0.6 is 0 Å². The summed E-state index contributed by atoms with van der Waals surface area (Å²) >= 11 is 0. The summed E-state index contributed by atoms with van der Waals surface area (Å²) in [6.45, 7) is 9.85. The van der Waals surface area contributed by atoms with Gasteiger partial charge in [0.1, 0.15) is 0 Å². The standard InChI is InChI=1S/C17H34N2O5/c20-16-17(23-13-9-19-7-10-21-11-8-19)24-15-14-22-12-6-18-4-2-1-3-5-18/h17,20H,1-16H2. The molecule has 1 N–H and O–H groups in total. The van der Waals surface area contributed by atoms with Crippen molar-refractivity contribution in [3.63, 3.8) is 0 Å². The van der Waals surface area contributed by atoms with Gasteiger partial charge in [-0.3, -0.25) is 4.90 Å². The Balaban J connectivity index is 1.41. The Bertz CT molecular complexity index is 297.